The maximum Gasteiger partial charge on any atom is 0.228 e. The van der Waals surface area contributed by atoms with Gasteiger partial charge >= 0.3 is 0 Å². The van der Waals surface area contributed by atoms with Crippen LogP contribution in [0.5, 0.6) is 0 Å². The monoisotopic (exact) mass is 416 g/mol. The van der Waals surface area contributed by atoms with Crippen LogP contribution in [0, 0.1) is 3.57 Å². The molecule has 1 amide bonds. The number of rotatable bonds is 3. The van der Waals surface area contributed by atoms with Crippen molar-refractivity contribution in [3.63, 3.8) is 0 Å². The van der Waals surface area contributed by atoms with E-state index in [1.807, 2.05) is 30.3 Å². The third-order valence-corrected chi connectivity index (χ3v) is 3.72. The lowest BCUT2D eigenvalue weighted by Gasteiger charge is -2.07. The molecule has 1 aromatic heterocycles. The molecule has 1 N–H and O–H groups in total. The summed E-state index contributed by atoms with van der Waals surface area (Å²) in [6, 6.07) is 9.50. The number of carbonyl (C=O) groups excluding carboxylic acids is 1. The smallest absolute Gasteiger partial charge is 0.228 e. The third-order valence-electron chi connectivity index (χ3n) is 2.29. The van der Waals surface area contributed by atoms with Crippen molar-refractivity contribution in [3.05, 3.63) is 56.3 Å². The second-order valence-corrected chi connectivity index (χ2v) is 5.79. The van der Waals surface area contributed by atoms with E-state index in [9.17, 15) is 4.79 Å². The van der Waals surface area contributed by atoms with Crippen LogP contribution in [-0.2, 0) is 11.2 Å². The maximum absolute atomic E-state index is 11.9. The number of halogens is 2. The van der Waals surface area contributed by atoms with Crippen LogP contribution in [0.3, 0.4) is 0 Å². The van der Waals surface area contributed by atoms with Gasteiger partial charge in [0, 0.05) is 20.4 Å². The predicted octanol–water partition coefficient (Wildman–Crippen LogP) is 3.63. The Hall–Kier alpha value is -0.950. The van der Waals surface area contributed by atoms with Gasteiger partial charge in [-0.2, -0.15) is 0 Å². The van der Waals surface area contributed by atoms with Gasteiger partial charge in [0.15, 0.2) is 0 Å². The molecule has 0 aliphatic rings. The van der Waals surface area contributed by atoms with Crippen LogP contribution in [0.1, 0.15) is 5.56 Å². The first-order chi connectivity index (χ1) is 8.65. The summed E-state index contributed by atoms with van der Waals surface area (Å²) in [6.07, 6.45) is 3.72. The van der Waals surface area contributed by atoms with E-state index in [4.69, 9.17) is 0 Å². The molecule has 0 radical (unpaired) electrons. The van der Waals surface area contributed by atoms with E-state index >= 15 is 0 Å². The van der Waals surface area contributed by atoms with E-state index in [2.05, 4.69) is 48.8 Å². The fourth-order valence-corrected chi connectivity index (χ4v) is 2.31. The Morgan fingerprint density at radius 2 is 2.22 bits per heavy atom. The highest BCUT2D eigenvalue weighted by molar-refractivity contribution is 14.1. The zero-order valence-corrected chi connectivity index (χ0v) is 13.1. The minimum Gasteiger partial charge on any atom is -0.325 e. The fraction of sp³-hybridized carbons (Fsp3) is 0.0769. The van der Waals surface area contributed by atoms with Crippen molar-refractivity contribution in [1.82, 2.24) is 4.98 Å². The van der Waals surface area contributed by atoms with Gasteiger partial charge in [-0.05, 0) is 52.4 Å². The number of benzene rings is 1. The van der Waals surface area contributed by atoms with Gasteiger partial charge in [0.05, 0.1) is 12.1 Å². The number of amides is 1. The van der Waals surface area contributed by atoms with E-state index < -0.39 is 0 Å². The number of carbonyl (C=O) groups is 1. The number of hydrogen-bond acceptors (Lipinski definition) is 2. The van der Waals surface area contributed by atoms with Gasteiger partial charge < -0.3 is 5.32 Å². The lowest BCUT2D eigenvalue weighted by molar-refractivity contribution is -0.115. The molecule has 0 fully saturated rings. The first-order valence-corrected chi connectivity index (χ1v) is 7.16. The molecule has 0 spiro atoms. The molecule has 18 heavy (non-hydrogen) atoms. The van der Waals surface area contributed by atoms with Crippen LogP contribution in [0.15, 0.2) is 47.2 Å². The van der Waals surface area contributed by atoms with Crippen LogP contribution in [0.2, 0.25) is 0 Å². The molecule has 0 unspecified atom stereocenters. The summed E-state index contributed by atoms with van der Waals surface area (Å²) in [5.41, 5.74) is 1.72. The number of anilines is 1. The van der Waals surface area contributed by atoms with E-state index in [0.29, 0.717) is 6.42 Å². The highest BCUT2D eigenvalue weighted by atomic mass is 127. The lowest BCUT2D eigenvalue weighted by Crippen LogP contribution is -2.15. The van der Waals surface area contributed by atoms with Crippen molar-refractivity contribution in [2.75, 3.05) is 5.32 Å². The molecule has 92 valence electrons. The Labute approximate surface area is 127 Å². The number of aromatic nitrogens is 1. The average Bonchev–Trinajstić information content (AvgIpc) is 2.35. The Balaban J connectivity index is 2.05. The molecule has 5 heteroatoms. The Bertz CT molecular complexity index is 560. The highest BCUT2D eigenvalue weighted by Crippen LogP contribution is 2.23. The molecular weight excluding hydrogens is 407 g/mol. The van der Waals surface area contributed by atoms with Gasteiger partial charge in [-0.3, -0.25) is 9.78 Å². The summed E-state index contributed by atoms with van der Waals surface area (Å²) in [5, 5.41) is 2.90. The van der Waals surface area contributed by atoms with E-state index in [0.717, 1.165) is 19.3 Å². The van der Waals surface area contributed by atoms with Crippen molar-refractivity contribution in [1.29, 1.82) is 0 Å². The van der Waals surface area contributed by atoms with Crippen LogP contribution in [0.4, 0.5) is 5.69 Å². The summed E-state index contributed by atoms with van der Waals surface area (Å²) in [6.45, 7) is 0. The lowest BCUT2D eigenvalue weighted by atomic mass is 10.2. The van der Waals surface area contributed by atoms with Crippen molar-refractivity contribution < 1.29 is 4.79 Å². The van der Waals surface area contributed by atoms with Crippen molar-refractivity contribution in [2.45, 2.75) is 6.42 Å². The van der Waals surface area contributed by atoms with Crippen LogP contribution in [-0.4, -0.2) is 10.9 Å². The first kappa shape index (κ1) is 13.5. The van der Waals surface area contributed by atoms with Crippen molar-refractivity contribution >= 4 is 50.1 Å². The average molecular weight is 417 g/mol. The Morgan fingerprint density at radius 1 is 1.39 bits per heavy atom. The first-order valence-electron chi connectivity index (χ1n) is 5.29. The van der Waals surface area contributed by atoms with Crippen LogP contribution < -0.4 is 5.32 Å². The predicted molar refractivity (Wildman–Crippen MR) is 83.4 cm³/mol. The minimum atomic E-state index is -0.0426. The van der Waals surface area contributed by atoms with Gasteiger partial charge in [-0.15, -0.1) is 0 Å². The number of hydrogen-bond donors (Lipinski definition) is 1. The molecule has 0 atom stereocenters. The molecule has 0 saturated carbocycles. The summed E-state index contributed by atoms with van der Waals surface area (Å²) in [5.74, 6) is -0.0426. The fourth-order valence-electron chi connectivity index (χ4n) is 1.48. The van der Waals surface area contributed by atoms with Crippen molar-refractivity contribution in [2.24, 2.45) is 0 Å². The number of pyridine rings is 1. The molecule has 1 aromatic carbocycles. The topological polar surface area (TPSA) is 42.0 Å². The molecule has 2 aromatic rings. The third kappa shape index (κ3) is 3.78. The van der Waals surface area contributed by atoms with Gasteiger partial charge in [0.2, 0.25) is 5.91 Å². The molecule has 0 aliphatic heterocycles. The second kappa shape index (κ2) is 6.29. The molecule has 0 saturated heterocycles. The normalized spacial score (nSPS) is 10.1. The molecule has 3 nitrogen and oxygen atoms in total. The zero-order valence-electron chi connectivity index (χ0n) is 9.36. The van der Waals surface area contributed by atoms with Gasteiger partial charge in [0.1, 0.15) is 0 Å². The second-order valence-electron chi connectivity index (χ2n) is 3.71. The summed E-state index contributed by atoms with van der Waals surface area (Å²) in [7, 11) is 0. The van der Waals surface area contributed by atoms with Crippen molar-refractivity contribution in [3.8, 4) is 0 Å². The largest absolute Gasteiger partial charge is 0.325 e. The standard InChI is InChI=1S/C13H10BrIN2O/c14-10-3-4-11(15)12(7-10)17-13(18)6-9-2-1-5-16-8-9/h1-5,7-8H,6H2,(H,17,18). The quantitative estimate of drug-likeness (QED) is 0.776. The van der Waals surface area contributed by atoms with Gasteiger partial charge in [-0.25, -0.2) is 0 Å². The highest BCUT2D eigenvalue weighted by Gasteiger charge is 2.07. The van der Waals surface area contributed by atoms with E-state index in [1.165, 1.54) is 0 Å². The zero-order chi connectivity index (χ0) is 13.0. The number of nitrogens with zero attached hydrogens (tertiary/aromatic N) is 1. The summed E-state index contributed by atoms with van der Waals surface area (Å²) >= 11 is 5.58. The molecule has 1 heterocycles. The number of nitrogens with one attached hydrogen (secondary N) is 1. The van der Waals surface area contributed by atoms with Crippen LogP contribution >= 0.6 is 38.5 Å². The summed E-state index contributed by atoms with van der Waals surface area (Å²) in [4.78, 5) is 15.9. The summed E-state index contributed by atoms with van der Waals surface area (Å²) < 4.78 is 1.95. The SMILES string of the molecule is O=C(Cc1cccnc1)Nc1cc(Br)ccc1I. The van der Waals surface area contributed by atoms with Gasteiger partial charge in [0.25, 0.3) is 0 Å². The molecule has 2 rings (SSSR count). The van der Waals surface area contributed by atoms with E-state index in [-0.39, 0.29) is 5.91 Å². The van der Waals surface area contributed by atoms with E-state index in [1.54, 1.807) is 12.4 Å². The molecule has 0 bridgehead atoms. The maximum atomic E-state index is 11.9. The minimum absolute atomic E-state index is 0.0426. The van der Waals surface area contributed by atoms with Gasteiger partial charge in [-0.1, -0.05) is 22.0 Å². The Kier molecular flexibility index (Phi) is 4.71. The Morgan fingerprint density at radius 3 is 2.94 bits per heavy atom. The molecule has 0 aliphatic carbocycles. The van der Waals surface area contributed by atoms with Crippen LogP contribution in [0.25, 0.3) is 0 Å². The molecular formula is C13H10BrIN2O.